The third-order valence-electron chi connectivity index (χ3n) is 3.17. The van der Waals surface area contributed by atoms with E-state index in [9.17, 15) is 0 Å². The van der Waals surface area contributed by atoms with Crippen LogP contribution < -0.4 is 21.9 Å². The van der Waals surface area contributed by atoms with E-state index in [4.69, 9.17) is 0 Å². The Labute approximate surface area is 99.9 Å². The monoisotopic (exact) mass is 231 g/mol. The highest BCUT2D eigenvalue weighted by molar-refractivity contribution is 5.82. The normalized spacial score (nSPS) is 16.9. The topological polar surface area (TPSA) is 63.9 Å². The molecule has 17 heavy (non-hydrogen) atoms. The van der Waals surface area contributed by atoms with Gasteiger partial charge in [0.05, 0.1) is 6.17 Å². The summed E-state index contributed by atoms with van der Waals surface area (Å²) in [6.45, 7) is 0. The molecule has 5 N–H and O–H groups in total. The van der Waals surface area contributed by atoms with Crippen LogP contribution in [0.2, 0.25) is 0 Å². The van der Waals surface area contributed by atoms with Crippen molar-refractivity contribution in [3.8, 4) is 0 Å². The van der Waals surface area contributed by atoms with Crippen molar-refractivity contribution in [1.82, 2.24) is 26.9 Å². The number of hydrogen-bond acceptors (Lipinski definition) is 4. The van der Waals surface area contributed by atoms with Gasteiger partial charge >= 0.3 is 0 Å². The molecule has 3 rings (SSSR count). The van der Waals surface area contributed by atoms with Crippen LogP contribution in [0.25, 0.3) is 10.9 Å². The van der Waals surface area contributed by atoms with Crippen LogP contribution in [-0.2, 0) is 6.42 Å². The number of hydrogen-bond donors (Lipinski definition) is 5. The second kappa shape index (κ2) is 4.85. The molecule has 90 valence electrons. The molecule has 2 aromatic rings. The van der Waals surface area contributed by atoms with Gasteiger partial charge in [0.25, 0.3) is 0 Å². The van der Waals surface area contributed by atoms with Crippen molar-refractivity contribution in [2.24, 2.45) is 0 Å². The van der Waals surface area contributed by atoms with Crippen LogP contribution in [-0.4, -0.2) is 11.1 Å². The Hall–Kier alpha value is -1.40. The molecule has 1 aliphatic heterocycles. The summed E-state index contributed by atoms with van der Waals surface area (Å²) in [6, 6.07) is 8.45. The molecule has 0 radical (unpaired) electrons. The standard InChI is InChI=1S/C12H17N5/c1-2-6-11-10(5-1)9(8-13-11)4-3-7-12-14-16-17-15-12/h1-2,5-6,8,12-17H,3-4,7H2. The predicted octanol–water partition coefficient (Wildman–Crippen LogP) is 0.934. The number of nitrogens with one attached hydrogen (secondary N) is 5. The van der Waals surface area contributed by atoms with E-state index >= 15 is 0 Å². The lowest BCUT2D eigenvalue weighted by atomic mass is 10.1. The summed E-state index contributed by atoms with van der Waals surface area (Å²) in [7, 11) is 0. The third-order valence-corrected chi connectivity index (χ3v) is 3.17. The highest BCUT2D eigenvalue weighted by atomic mass is 15.8. The summed E-state index contributed by atoms with van der Waals surface area (Å²) < 4.78 is 0. The van der Waals surface area contributed by atoms with E-state index in [-0.39, 0.29) is 0 Å². The number of aromatic nitrogens is 1. The second-order valence-corrected chi connectivity index (χ2v) is 4.34. The van der Waals surface area contributed by atoms with Crippen molar-refractivity contribution < 1.29 is 0 Å². The first-order valence-electron chi connectivity index (χ1n) is 5.99. The Kier molecular flexibility index (Phi) is 3.06. The summed E-state index contributed by atoms with van der Waals surface area (Å²) in [6.07, 6.45) is 5.76. The van der Waals surface area contributed by atoms with Crippen molar-refractivity contribution in [3.05, 3.63) is 36.0 Å². The molecule has 5 heteroatoms. The van der Waals surface area contributed by atoms with E-state index in [1.54, 1.807) is 0 Å². The first kappa shape index (κ1) is 10.7. The molecular weight excluding hydrogens is 214 g/mol. The number of aromatic amines is 1. The summed E-state index contributed by atoms with van der Waals surface area (Å²) in [4.78, 5) is 3.31. The average Bonchev–Trinajstić information content (AvgIpc) is 2.99. The zero-order valence-electron chi connectivity index (χ0n) is 9.59. The number of aryl methyl sites for hydroxylation is 1. The third kappa shape index (κ3) is 2.32. The number of fused-ring (bicyclic) bond motifs is 1. The van der Waals surface area contributed by atoms with Gasteiger partial charge in [0.15, 0.2) is 0 Å². The van der Waals surface area contributed by atoms with Gasteiger partial charge in [-0.2, -0.15) is 11.1 Å². The van der Waals surface area contributed by atoms with Gasteiger partial charge in [-0.05, 0) is 30.9 Å². The van der Waals surface area contributed by atoms with E-state index < -0.39 is 0 Å². The summed E-state index contributed by atoms with van der Waals surface area (Å²) in [5.41, 5.74) is 14.5. The Balaban J connectivity index is 1.60. The Morgan fingerprint density at radius 1 is 1.06 bits per heavy atom. The number of H-pyrrole nitrogens is 1. The molecule has 0 unspecified atom stereocenters. The quantitative estimate of drug-likeness (QED) is 0.543. The first-order chi connectivity index (χ1) is 8.43. The van der Waals surface area contributed by atoms with E-state index in [1.165, 1.54) is 16.5 Å². The maximum atomic E-state index is 3.31. The SMILES string of the molecule is c1ccc2c(CCCC3NNNN3)c[nH]c2c1. The van der Waals surface area contributed by atoms with Crippen LogP contribution in [0.15, 0.2) is 30.5 Å². The maximum Gasteiger partial charge on any atom is 0.0859 e. The van der Waals surface area contributed by atoms with Crippen molar-refractivity contribution in [2.75, 3.05) is 0 Å². The minimum absolute atomic E-state index is 0.306. The average molecular weight is 231 g/mol. The van der Waals surface area contributed by atoms with Crippen LogP contribution >= 0.6 is 0 Å². The van der Waals surface area contributed by atoms with Crippen LogP contribution in [0, 0.1) is 0 Å². The fourth-order valence-corrected chi connectivity index (χ4v) is 2.26. The maximum absolute atomic E-state index is 3.31. The van der Waals surface area contributed by atoms with E-state index in [0.29, 0.717) is 6.17 Å². The van der Waals surface area contributed by atoms with Gasteiger partial charge in [-0.1, -0.05) is 18.2 Å². The predicted molar refractivity (Wildman–Crippen MR) is 67.6 cm³/mol. The van der Waals surface area contributed by atoms with Gasteiger partial charge in [-0.25, -0.2) is 10.9 Å². The molecule has 1 aromatic heterocycles. The highest BCUT2D eigenvalue weighted by Gasteiger charge is 2.11. The summed E-state index contributed by atoms with van der Waals surface area (Å²) >= 11 is 0. The molecule has 2 heterocycles. The van der Waals surface area contributed by atoms with E-state index in [1.807, 2.05) is 0 Å². The number of hydrazine groups is 3. The van der Waals surface area contributed by atoms with E-state index in [2.05, 4.69) is 57.4 Å². The zero-order chi connectivity index (χ0) is 11.5. The Bertz CT molecular complexity index is 486. The first-order valence-corrected chi connectivity index (χ1v) is 5.99. The lowest BCUT2D eigenvalue weighted by molar-refractivity contribution is 0.474. The molecule has 0 saturated carbocycles. The van der Waals surface area contributed by atoms with Crippen molar-refractivity contribution in [1.29, 1.82) is 0 Å². The van der Waals surface area contributed by atoms with Gasteiger partial charge < -0.3 is 4.98 Å². The fourth-order valence-electron chi connectivity index (χ4n) is 2.26. The van der Waals surface area contributed by atoms with Gasteiger partial charge in [0.2, 0.25) is 0 Å². The molecule has 1 aliphatic rings. The molecule has 0 aliphatic carbocycles. The van der Waals surface area contributed by atoms with Crippen LogP contribution in [0.3, 0.4) is 0 Å². The van der Waals surface area contributed by atoms with Gasteiger partial charge in [-0.15, -0.1) is 0 Å². The zero-order valence-corrected chi connectivity index (χ0v) is 9.59. The second-order valence-electron chi connectivity index (χ2n) is 4.34. The van der Waals surface area contributed by atoms with Crippen LogP contribution in [0.1, 0.15) is 18.4 Å². The molecule has 0 atom stereocenters. The van der Waals surface area contributed by atoms with Crippen LogP contribution in [0.5, 0.6) is 0 Å². The smallest absolute Gasteiger partial charge is 0.0859 e. The van der Waals surface area contributed by atoms with Crippen molar-refractivity contribution in [3.63, 3.8) is 0 Å². The molecule has 1 fully saturated rings. The number of rotatable bonds is 4. The summed E-state index contributed by atoms with van der Waals surface area (Å²) in [5.74, 6) is 0. The molecule has 5 nitrogen and oxygen atoms in total. The molecule has 0 spiro atoms. The molecule has 0 amide bonds. The van der Waals surface area contributed by atoms with Gasteiger partial charge in [0.1, 0.15) is 0 Å². The van der Waals surface area contributed by atoms with Crippen molar-refractivity contribution >= 4 is 10.9 Å². The summed E-state index contributed by atoms with van der Waals surface area (Å²) in [5, 5.41) is 1.34. The number of para-hydroxylation sites is 1. The van der Waals surface area contributed by atoms with Gasteiger partial charge in [-0.3, -0.25) is 0 Å². The lowest BCUT2D eigenvalue weighted by Gasteiger charge is -2.07. The molecular formula is C12H17N5. The van der Waals surface area contributed by atoms with E-state index in [0.717, 1.165) is 19.3 Å². The Morgan fingerprint density at radius 3 is 2.76 bits per heavy atom. The fraction of sp³-hybridized carbons (Fsp3) is 0.333. The molecule has 0 bridgehead atoms. The van der Waals surface area contributed by atoms with Gasteiger partial charge in [0, 0.05) is 17.1 Å². The number of benzene rings is 1. The lowest BCUT2D eigenvalue weighted by Crippen LogP contribution is -2.33. The Morgan fingerprint density at radius 2 is 1.88 bits per heavy atom. The minimum Gasteiger partial charge on any atom is -0.361 e. The highest BCUT2D eigenvalue weighted by Crippen LogP contribution is 2.19. The molecule has 1 aromatic carbocycles. The largest absolute Gasteiger partial charge is 0.361 e. The van der Waals surface area contributed by atoms with Crippen molar-refractivity contribution in [2.45, 2.75) is 25.4 Å². The minimum atomic E-state index is 0.306. The molecule has 1 saturated heterocycles. The van der Waals surface area contributed by atoms with Crippen LogP contribution in [0.4, 0.5) is 0 Å².